The van der Waals surface area contributed by atoms with E-state index in [2.05, 4.69) is 30.7 Å². The van der Waals surface area contributed by atoms with Gasteiger partial charge in [0.05, 0.1) is 0 Å². The number of nitrogens with zero attached hydrogens (tertiary/aromatic N) is 1. The Morgan fingerprint density at radius 3 is 2.84 bits per heavy atom. The number of halogens is 1. The zero-order valence-corrected chi connectivity index (χ0v) is 15.7. The third-order valence-corrected chi connectivity index (χ3v) is 6.23. The Morgan fingerprint density at radius 2 is 2.12 bits per heavy atom. The minimum atomic E-state index is -0.773. The largest absolute Gasteiger partial charge is 0.480 e. The van der Waals surface area contributed by atoms with Crippen molar-refractivity contribution in [3.8, 4) is 0 Å². The minimum absolute atomic E-state index is 0.204. The van der Waals surface area contributed by atoms with E-state index in [0.717, 1.165) is 42.3 Å². The van der Waals surface area contributed by atoms with E-state index in [1.54, 1.807) is 0 Å². The summed E-state index contributed by atoms with van der Waals surface area (Å²) in [4.78, 5) is 17.7. The number of hydrogen-bond acceptors (Lipinski definition) is 2. The number of likely N-dealkylation sites (tertiary alicyclic amines) is 1. The molecule has 1 aliphatic carbocycles. The van der Waals surface area contributed by atoms with Crippen molar-refractivity contribution in [2.24, 2.45) is 10.8 Å². The van der Waals surface area contributed by atoms with E-state index in [1.807, 2.05) is 24.4 Å². The van der Waals surface area contributed by atoms with Crippen molar-refractivity contribution in [3.63, 3.8) is 0 Å². The lowest BCUT2D eigenvalue weighted by atomic mass is 9.65. The molecule has 3 atom stereocenters. The van der Waals surface area contributed by atoms with Crippen molar-refractivity contribution in [3.05, 3.63) is 35.0 Å². The fourth-order valence-corrected chi connectivity index (χ4v) is 5.78. The van der Waals surface area contributed by atoms with Crippen LogP contribution in [0.25, 0.3) is 10.9 Å². The number of carboxylic acid groups (broad SMARTS) is 1. The summed E-state index contributed by atoms with van der Waals surface area (Å²) in [5.41, 5.74) is 2.20. The first kappa shape index (κ1) is 16.9. The van der Waals surface area contributed by atoms with Crippen LogP contribution in [0.3, 0.4) is 0 Å². The average Bonchev–Trinajstić information content (AvgIpc) is 2.97. The molecule has 134 valence electrons. The Kier molecular flexibility index (Phi) is 3.71. The van der Waals surface area contributed by atoms with Crippen LogP contribution in [-0.4, -0.2) is 33.5 Å². The highest BCUT2D eigenvalue weighted by Gasteiger charge is 2.52. The van der Waals surface area contributed by atoms with Gasteiger partial charge in [-0.25, -0.2) is 0 Å². The molecule has 2 bridgehead atoms. The second-order valence-corrected chi connectivity index (χ2v) is 9.50. The summed E-state index contributed by atoms with van der Waals surface area (Å²) >= 11 is 6.07. The van der Waals surface area contributed by atoms with Crippen LogP contribution in [0.1, 0.15) is 51.6 Å². The molecule has 2 heterocycles. The summed E-state index contributed by atoms with van der Waals surface area (Å²) in [7, 11) is 0. The number of H-pyrrole nitrogens is 1. The van der Waals surface area contributed by atoms with E-state index >= 15 is 0 Å². The van der Waals surface area contributed by atoms with Crippen LogP contribution < -0.4 is 0 Å². The van der Waals surface area contributed by atoms with E-state index in [-0.39, 0.29) is 10.8 Å². The third kappa shape index (κ3) is 2.85. The van der Waals surface area contributed by atoms with Gasteiger partial charge in [0.2, 0.25) is 0 Å². The van der Waals surface area contributed by atoms with Crippen LogP contribution in [0.2, 0.25) is 5.02 Å². The highest BCUT2D eigenvalue weighted by atomic mass is 35.5. The lowest BCUT2D eigenvalue weighted by Crippen LogP contribution is -2.39. The van der Waals surface area contributed by atoms with Gasteiger partial charge in [-0.15, -0.1) is 0 Å². The van der Waals surface area contributed by atoms with Crippen LogP contribution >= 0.6 is 11.6 Å². The maximum atomic E-state index is 12.3. The van der Waals surface area contributed by atoms with E-state index in [1.165, 1.54) is 0 Å². The molecule has 0 spiro atoms. The summed E-state index contributed by atoms with van der Waals surface area (Å²) in [6, 6.07) is 5.31. The number of aromatic amines is 1. The lowest BCUT2D eigenvalue weighted by Gasteiger charge is -2.40. The van der Waals surface area contributed by atoms with Gasteiger partial charge in [0.1, 0.15) is 6.04 Å². The van der Waals surface area contributed by atoms with Crippen molar-refractivity contribution in [2.45, 2.75) is 52.1 Å². The van der Waals surface area contributed by atoms with Crippen LogP contribution in [0, 0.1) is 10.8 Å². The van der Waals surface area contributed by atoms with Gasteiger partial charge in [0.15, 0.2) is 0 Å². The first-order valence-corrected chi connectivity index (χ1v) is 9.30. The molecule has 0 unspecified atom stereocenters. The van der Waals surface area contributed by atoms with Crippen molar-refractivity contribution in [1.29, 1.82) is 0 Å². The predicted octanol–water partition coefficient (Wildman–Crippen LogP) is 4.85. The summed E-state index contributed by atoms with van der Waals surface area (Å²) < 4.78 is 0. The van der Waals surface area contributed by atoms with Crippen LogP contribution in [-0.2, 0) is 4.79 Å². The number of carbonyl (C=O) groups is 1. The predicted molar refractivity (Wildman–Crippen MR) is 99.9 cm³/mol. The van der Waals surface area contributed by atoms with Crippen LogP contribution in [0.5, 0.6) is 0 Å². The van der Waals surface area contributed by atoms with Gasteiger partial charge in [0, 0.05) is 40.3 Å². The van der Waals surface area contributed by atoms with E-state index in [9.17, 15) is 9.90 Å². The molecule has 1 aromatic carbocycles. The first-order valence-electron chi connectivity index (χ1n) is 8.93. The molecule has 4 rings (SSSR count). The molecular formula is C20H25ClN2O2. The number of hydrogen-bond donors (Lipinski definition) is 2. The van der Waals surface area contributed by atoms with Gasteiger partial charge in [-0.05, 0) is 42.2 Å². The third-order valence-electron chi connectivity index (χ3n) is 5.99. The smallest absolute Gasteiger partial charge is 0.325 e. The molecule has 2 aromatic rings. The molecule has 1 aromatic heterocycles. The van der Waals surface area contributed by atoms with Crippen LogP contribution in [0.15, 0.2) is 24.4 Å². The topological polar surface area (TPSA) is 56.3 Å². The second kappa shape index (κ2) is 5.49. The van der Waals surface area contributed by atoms with E-state index in [4.69, 9.17) is 11.6 Å². The fourth-order valence-electron chi connectivity index (χ4n) is 5.61. The maximum Gasteiger partial charge on any atom is 0.325 e. The van der Waals surface area contributed by atoms with E-state index in [0.29, 0.717) is 11.1 Å². The quantitative estimate of drug-likeness (QED) is 0.822. The van der Waals surface area contributed by atoms with Gasteiger partial charge in [-0.2, -0.15) is 0 Å². The standard InChI is InChI=1S/C20H25ClN2O2/c1-19(2)7-13-8-20(3,10-19)11-23(13)17(18(24)25)15-9-22-16-6-12(21)4-5-14(15)16/h4-6,9,13,17,22H,7-8,10-11H2,1-3H3,(H,24,25)/t13-,17-,20-/m0/s1. The average molecular weight is 361 g/mol. The highest BCUT2D eigenvalue weighted by Crippen LogP contribution is 2.54. The molecule has 0 radical (unpaired) electrons. The summed E-state index contributed by atoms with van der Waals surface area (Å²) in [6.45, 7) is 7.78. The zero-order valence-electron chi connectivity index (χ0n) is 15.0. The molecule has 1 saturated heterocycles. The first-order chi connectivity index (χ1) is 11.7. The molecule has 2 fully saturated rings. The number of carboxylic acids is 1. The molecule has 1 aliphatic heterocycles. The fraction of sp³-hybridized carbons (Fsp3) is 0.550. The van der Waals surface area contributed by atoms with Crippen molar-refractivity contribution < 1.29 is 9.90 Å². The Morgan fingerprint density at radius 1 is 1.36 bits per heavy atom. The minimum Gasteiger partial charge on any atom is -0.480 e. The number of benzene rings is 1. The Bertz CT molecular complexity index is 843. The Balaban J connectivity index is 1.76. The molecular weight excluding hydrogens is 336 g/mol. The van der Waals surface area contributed by atoms with E-state index < -0.39 is 12.0 Å². The van der Waals surface area contributed by atoms with Crippen molar-refractivity contribution in [1.82, 2.24) is 9.88 Å². The van der Waals surface area contributed by atoms with Gasteiger partial charge in [0.25, 0.3) is 0 Å². The molecule has 25 heavy (non-hydrogen) atoms. The highest BCUT2D eigenvalue weighted by molar-refractivity contribution is 6.31. The lowest BCUT2D eigenvalue weighted by molar-refractivity contribution is -0.144. The normalized spacial score (nSPS) is 29.8. The number of fused-ring (bicyclic) bond motifs is 3. The van der Waals surface area contributed by atoms with Gasteiger partial charge < -0.3 is 10.1 Å². The van der Waals surface area contributed by atoms with Crippen molar-refractivity contribution >= 4 is 28.5 Å². The number of aromatic nitrogens is 1. The second-order valence-electron chi connectivity index (χ2n) is 9.06. The maximum absolute atomic E-state index is 12.3. The Labute approximate surface area is 153 Å². The summed E-state index contributed by atoms with van der Waals surface area (Å²) in [5, 5.41) is 11.7. The van der Waals surface area contributed by atoms with Gasteiger partial charge in [-0.3, -0.25) is 9.69 Å². The molecule has 4 nitrogen and oxygen atoms in total. The summed E-state index contributed by atoms with van der Waals surface area (Å²) in [5.74, 6) is -0.773. The van der Waals surface area contributed by atoms with Gasteiger partial charge >= 0.3 is 5.97 Å². The molecule has 1 saturated carbocycles. The number of aliphatic carboxylic acids is 1. The molecule has 5 heteroatoms. The number of nitrogens with one attached hydrogen (secondary N) is 1. The van der Waals surface area contributed by atoms with Crippen molar-refractivity contribution in [2.75, 3.05) is 6.54 Å². The monoisotopic (exact) mass is 360 g/mol. The Hall–Kier alpha value is -1.52. The molecule has 0 amide bonds. The SMILES string of the molecule is CC1(C)C[C@H]2C[C@](C)(CN2[C@H](C(=O)O)c2c[nH]c3cc(Cl)ccc23)C1. The summed E-state index contributed by atoms with van der Waals surface area (Å²) in [6.07, 6.45) is 5.15. The van der Waals surface area contributed by atoms with Gasteiger partial charge in [-0.1, -0.05) is 38.4 Å². The zero-order chi connectivity index (χ0) is 18.0. The van der Waals surface area contributed by atoms with Crippen LogP contribution in [0.4, 0.5) is 0 Å². The molecule has 2 aliphatic rings. The number of rotatable bonds is 3. The molecule has 2 N–H and O–H groups in total.